The summed E-state index contributed by atoms with van der Waals surface area (Å²) >= 11 is 0. The molecule has 0 heterocycles. The number of phosphoric acid groups is 1. The third-order valence-electron chi connectivity index (χ3n) is 10.8. The molecule has 0 bridgehead atoms. The van der Waals surface area contributed by atoms with Crippen molar-refractivity contribution in [1.29, 1.82) is 0 Å². The van der Waals surface area contributed by atoms with Crippen LogP contribution < -0.4 is 0 Å². The van der Waals surface area contributed by atoms with E-state index in [1.165, 1.54) is 193 Å². The van der Waals surface area contributed by atoms with E-state index in [1.54, 1.807) is 0 Å². The summed E-state index contributed by atoms with van der Waals surface area (Å²) in [7, 11) is -4.75. The second-order valence-electron chi connectivity index (χ2n) is 16.4. The van der Waals surface area contributed by atoms with Crippen LogP contribution in [0.4, 0.5) is 0 Å². The summed E-state index contributed by atoms with van der Waals surface area (Å²) in [4.78, 5) is 43.0. The van der Waals surface area contributed by atoms with Crippen molar-refractivity contribution in [2.75, 3.05) is 13.2 Å². The molecule has 0 aromatic rings. The van der Waals surface area contributed by atoms with Gasteiger partial charge in [0.25, 0.3) is 0 Å². The van der Waals surface area contributed by atoms with Crippen LogP contribution in [0.2, 0.25) is 0 Å². The summed E-state index contributed by atoms with van der Waals surface area (Å²) in [6, 6.07) is 0. The molecular formula is C47H91O8P. The van der Waals surface area contributed by atoms with Gasteiger partial charge in [-0.25, -0.2) is 4.57 Å². The average molecular weight is 815 g/mol. The highest BCUT2D eigenvalue weighted by Crippen LogP contribution is 2.36. The zero-order valence-electron chi connectivity index (χ0n) is 36.8. The summed E-state index contributed by atoms with van der Waals surface area (Å²) in [5.41, 5.74) is 0. The van der Waals surface area contributed by atoms with Crippen LogP contribution in [-0.2, 0) is 28.2 Å². The zero-order valence-corrected chi connectivity index (χ0v) is 37.7. The summed E-state index contributed by atoms with van der Waals surface area (Å²) < 4.78 is 26.5. The van der Waals surface area contributed by atoms with Crippen LogP contribution >= 0.6 is 7.82 Å². The number of unbranched alkanes of at least 4 members (excludes halogenated alkanes) is 33. The van der Waals surface area contributed by atoms with E-state index >= 15 is 0 Å². The highest BCUT2D eigenvalue weighted by Gasteiger charge is 2.23. The van der Waals surface area contributed by atoms with Crippen molar-refractivity contribution in [3.05, 3.63) is 12.2 Å². The molecule has 0 aliphatic rings. The van der Waals surface area contributed by atoms with Crippen LogP contribution in [0.15, 0.2) is 12.2 Å². The van der Waals surface area contributed by atoms with Crippen molar-refractivity contribution >= 4 is 19.8 Å². The van der Waals surface area contributed by atoms with Crippen molar-refractivity contribution in [2.45, 2.75) is 264 Å². The molecule has 0 saturated heterocycles. The number of allylic oxidation sites excluding steroid dienone is 2. The average Bonchev–Trinajstić information content (AvgIpc) is 3.17. The minimum absolute atomic E-state index is 0.218. The van der Waals surface area contributed by atoms with Gasteiger partial charge in [0.15, 0.2) is 6.10 Å². The monoisotopic (exact) mass is 815 g/mol. The van der Waals surface area contributed by atoms with E-state index in [9.17, 15) is 14.2 Å². The summed E-state index contributed by atoms with van der Waals surface area (Å²) in [6.07, 6.45) is 49.4. The lowest BCUT2D eigenvalue weighted by molar-refractivity contribution is -0.161. The maximum atomic E-state index is 12.5. The van der Waals surface area contributed by atoms with E-state index in [4.69, 9.17) is 19.3 Å². The van der Waals surface area contributed by atoms with Crippen molar-refractivity contribution in [3.63, 3.8) is 0 Å². The van der Waals surface area contributed by atoms with Crippen LogP contribution in [0.1, 0.15) is 258 Å². The Morgan fingerprint density at radius 3 is 1.14 bits per heavy atom. The van der Waals surface area contributed by atoms with Gasteiger partial charge in [0.05, 0.1) is 6.61 Å². The van der Waals surface area contributed by atoms with Gasteiger partial charge in [-0.15, -0.1) is 0 Å². The first-order valence-corrected chi connectivity index (χ1v) is 25.5. The van der Waals surface area contributed by atoms with Gasteiger partial charge in [0.2, 0.25) is 0 Å². The Morgan fingerprint density at radius 1 is 0.446 bits per heavy atom. The van der Waals surface area contributed by atoms with E-state index in [1.807, 2.05) is 0 Å². The molecule has 0 spiro atoms. The first-order chi connectivity index (χ1) is 27.3. The topological polar surface area (TPSA) is 119 Å². The third kappa shape index (κ3) is 45.5. The number of hydrogen-bond donors (Lipinski definition) is 2. The van der Waals surface area contributed by atoms with Gasteiger partial charge in [0, 0.05) is 12.8 Å². The van der Waals surface area contributed by atoms with Gasteiger partial charge < -0.3 is 19.3 Å². The Bertz CT molecular complexity index is 920. The minimum Gasteiger partial charge on any atom is -0.462 e. The predicted molar refractivity (Wildman–Crippen MR) is 235 cm³/mol. The first-order valence-electron chi connectivity index (χ1n) is 24.0. The Labute approximate surface area is 346 Å². The van der Waals surface area contributed by atoms with E-state index in [-0.39, 0.29) is 19.4 Å². The largest absolute Gasteiger partial charge is 0.469 e. The second-order valence-corrected chi connectivity index (χ2v) is 17.7. The second kappa shape index (κ2) is 43.4. The number of carbonyl (C=O) groups is 2. The third-order valence-corrected chi connectivity index (χ3v) is 11.3. The highest BCUT2D eigenvalue weighted by molar-refractivity contribution is 7.46. The van der Waals surface area contributed by atoms with Gasteiger partial charge >= 0.3 is 19.8 Å². The maximum Gasteiger partial charge on any atom is 0.469 e. The molecule has 0 rings (SSSR count). The molecule has 0 saturated carbocycles. The first kappa shape index (κ1) is 54.8. The molecule has 1 atom stereocenters. The molecule has 0 amide bonds. The molecule has 8 nitrogen and oxygen atoms in total. The van der Waals surface area contributed by atoms with Crippen LogP contribution in [-0.4, -0.2) is 41.0 Å². The van der Waals surface area contributed by atoms with E-state index in [0.29, 0.717) is 6.42 Å². The number of rotatable bonds is 45. The van der Waals surface area contributed by atoms with Crippen molar-refractivity contribution in [1.82, 2.24) is 0 Å². The molecule has 332 valence electrons. The molecule has 0 unspecified atom stereocenters. The lowest BCUT2D eigenvalue weighted by Crippen LogP contribution is -2.29. The number of esters is 2. The molecule has 0 aromatic carbocycles. The zero-order chi connectivity index (χ0) is 41.1. The fraction of sp³-hybridized carbons (Fsp3) is 0.915. The molecule has 2 N–H and O–H groups in total. The van der Waals surface area contributed by atoms with Crippen LogP contribution in [0.5, 0.6) is 0 Å². The smallest absolute Gasteiger partial charge is 0.462 e. The molecule has 9 heteroatoms. The molecule has 0 fully saturated rings. The quantitative estimate of drug-likeness (QED) is 0.0270. The maximum absolute atomic E-state index is 12.5. The van der Waals surface area contributed by atoms with Gasteiger partial charge in [-0.1, -0.05) is 225 Å². The van der Waals surface area contributed by atoms with Crippen molar-refractivity contribution < 1.29 is 37.9 Å². The van der Waals surface area contributed by atoms with Gasteiger partial charge in [-0.3, -0.25) is 14.1 Å². The SMILES string of the molecule is CCCC/C=C/CCCCCCCCCCCC(=O)OC[C@H](COP(=O)(O)O)OC(=O)CCCCCCCCCCCCCCCCCCCCCCCCC. The van der Waals surface area contributed by atoms with E-state index < -0.39 is 32.5 Å². The van der Waals surface area contributed by atoms with Gasteiger partial charge in [0.1, 0.15) is 6.61 Å². The Morgan fingerprint density at radius 2 is 0.768 bits per heavy atom. The number of ether oxygens (including phenoxy) is 2. The molecule has 0 aliphatic heterocycles. The summed E-state index contributed by atoms with van der Waals surface area (Å²) in [5.74, 6) is -0.871. The molecule has 0 aliphatic carbocycles. The lowest BCUT2D eigenvalue weighted by atomic mass is 10.0. The molecular weight excluding hydrogens is 723 g/mol. The highest BCUT2D eigenvalue weighted by atomic mass is 31.2. The van der Waals surface area contributed by atoms with Crippen molar-refractivity contribution in [2.24, 2.45) is 0 Å². The Kier molecular flexibility index (Phi) is 42.4. The number of carbonyl (C=O) groups excluding carboxylic acids is 2. The fourth-order valence-electron chi connectivity index (χ4n) is 7.18. The number of hydrogen-bond acceptors (Lipinski definition) is 6. The van der Waals surface area contributed by atoms with Crippen LogP contribution in [0.25, 0.3) is 0 Å². The van der Waals surface area contributed by atoms with Gasteiger partial charge in [-0.2, -0.15) is 0 Å². The Balaban J connectivity index is 3.77. The lowest BCUT2D eigenvalue weighted by Gasteiger charge is -2.18. The Hall–Kier alpha value is -1.21. The minimum atomic E-state index is -4.75. The van der Waals surface area contributed by atoms with E-state index in [2.05, 4.69) is 30.5 Å². The van der Waals surface area contributed by atoms with Crippen molar-refractivity contribution in [3.8, 4) is 0 Å². The van der Waals surface area contributed by atoms with E-state index in [0.717, 1.165) is 32.1 Å². The molecule has 0 radical (unpaired) electrons. The standard InChI is InChI=1S/C47H91O8P/c1-3-5-7-9-11-13-15-17-19-20-21-22-23-24-25-26-28-30-32-34-36-38-40-42-47(49)55-45(44-54-56(50,51)52)43-53-46(48)41-39-37-35-33-31-29-27-18-16-14-12-10-8-6-4-2/h10,12,45H,3-9,11,13-44H2,1-2H3,(H2,50,51,52)/b12-10+/t45-/m1/s1. The summed E-state index contributed by atoms with van der Waals surface area (Å²) in [5, 5.41) is 0. The number of phosphoric ester groups is 1. The predicted octanol–water partition coefficient (Wildman–Crippen LogP) is 15.0. The van der Waals surface area contributed by atoms with Gasteiger partial charge in [-0.05, 0) is 32.1 Å². The van der Waals surface area contributed by atoms with Crippen LogP contribution in [0, 0.1) is 0 Å². The van der Waals surface area contributed by atoms with Crippen LogP contribution in [0.3, 0.4) is 0 Å². The fourth-order valence-corrected chi connectivity index (χ4v) is 7.54. The molecule has 0 aromatic heterocycles. The normalized spacial score (nSPS) is 12.4. The molecule has 56 heavy (non-hydrogen) atoms. The summed E-state index contributed by atoms with van der Waals surface area (Å²) in [6.45, 7) is 3.70.